The molecule has 0 bridgehead atoms. The Labute approximate surface area is 475 Å². The maximum atomic E-state index is 2.54. The predicted octanol–water partition coefficient (Wildman–Crippen LogP) is 20.9. The summed E-state index contributed by atoms with van der Waals surface area (Å²) in [6.45, 7) is 9.47. The lowest BCUT2D eigenvalue weighted by atomic mass is 9.70. The van der Waals surface area contributed by atoms with E-state index < -0.39 is 5.41 Å². The fourth-order valence-electron chi connectivity index (χ4n) is 14.9. The molecule has 0 fully saturated rings. The van der Waals surface area contributed by atoms with Crippen LogP contribution in [0.1, 0.15) is 72.2 Å². The van der Waals surface area contributed by atoms with Gasteiger partial charge in [0.25, 0.3) is 0 Å². The van der Waals surface area contributed by atoms with Crippen molar-refractivity contribution in [3.05, 3.63) is 324 Å². The Kier molecular flexibility index (Phi) is 10.3. The summed E-state index contributed by atoms with van der Waals surface area (Å²) >= 11 is 0. The van der Waals surface area contributed by atoms with Gasteiger partial charge >= 0.3 is 0 Å². The van der Waals surface area contributed by atoms with Crippen molar-refractivity contribution in [1.82, 2.24) is 0 Å². The van der Waals surface area contributed by atoms with E-state index in [1.807, 2.05) is 0 Å². The fourth-order valence-corrected chi connectivity index (χ4v) is 14.9. The third kappa shape index (κ3) is 6.87. The van der Waals surface area contributed by atoms with Gasteiger partial charge in [-0.25, -0.2) is 0 Å². The second kappa shape index (κ2) is 17.6. The summed E-state index contributed by atoms with van der Waals surface area (Å²) in [6, 6.07) is 105. The molecule has 0 saturated carbocycles. The van der Waals surface area contributed by atoms with Crippen molar-refractivity contribution < 1.29 is 0 Å². The Balaban J connectivity index is 0.928. The third-order valence-electron chi connectivity index (χ3n) is 18.6. The van der Waals surface area contributed by atoms with Crippen LogP contribution < -0.4 is 9.80 Å². The summed E-state index contributed by atoms with van der Waals surface area (Å²) < 4.78 is 0. The van der Waals surface area contributed by atoms with Gasteiger partial charge < -0.3 is 9.80 Å². The van der Waals surface area contributed by atoms with Crippen molar-refractivity contribution in [2.45, 2.75) is 43.9 Å². The standard InChI is InChI=1S/C79H58N2/c1-77(2)69-33-15-11-31-63(69)67-47-57(39-43-71(67)77)80(55-27-19-25-53(45-55)51-21-7-5-8-22-51)59-37-41-65-61-29-13-17-35-73(61)79(75(65)49-59)74-36-18-14-30-62(74)66-42-38-60(50-76(66)79)81(56-28-20-26-54(46-56)52-23-9-6-10-24-52)58-40-44-72-68(48-58)64-32-12-16-34-70(64)78(72,3)4/h5-50H,1-4H3. The Bertz CT molecular complexity index is 4250. The molecule has 4 aliphatic carbocycles. The fraction of sp³-hybridized carbons (Fsp3) is 0.0886. The van der Waals surface area contributed by atoms with Crippen LogP contribution in [0, 0.1) is 0 Å². The summed E-state index contributed by atoms with van der Waals surface area (Å²) in [6.07, 6.45) is 0. The number of hydrogen-bond donors (Lipinski definition) is 0. The summed E-state index contributed by atoms with van der Waals surface area (Å²) in [5, 5.41) is 0. The molecule has 0 saturated heterocycles. The highest BCUT2D eigenvalue weighted by Crippen LogP contribution is 2.64. The molecule has 16 rings (SSSR count). The number of anilines is 6. The number of hydrogen-bond acceptors (Lipinski definition) is 2. The number of rotatable bonds is 8. The molecule has 0 atom stereocenters. The summed E-state index contributed by atoms with van der Waals surface area (Å²) in [4.78, 5) is 5.01. The van der Waals surface area contributed by atoms with Crippen molar-refractivity contribution >= 4 is 34.1 Å². The normalized spacial score (nSPS) is 14.5. The second-order valence-electron chi connectivity index (χ2n) is 23.6. The van der Waals surface area contributed by atoms with Gasteiger partial charge in [0.2, 0.25) is 0 Å². The van der Waals surface area contributed by atoms with Gasteiger partial charge in [-0.05, 0) is 184 Å². The van der Waals surface area contributed by atoms with E-state index in [4.69, 9.17) is 0 Å². The van der Waals surface area contributed by atoms with Gasteiger partial charge in [-0.2, -0.15) is 0 Å². The zero-order valence-corrected chi connectivity index (χ0v) is 46.0. The average molecular weight is 1040 g/mol. The van der Waals surface area contributed by atoms with Crippen LogP contribution in [0.4, 0.5) is 34.1 Å². The Morgan fingerprint density at radius 1 is 0.198 bits per heavy atom. The lowest BCUT2D eigenvalue weighted by Gasteiger charge is -2.33. The van der Waals surface area contributed by atoms with Crippen molar-refractivity contribution in [2.24, 2.45) is 0 Å². The maximum absolute atomic E-state index is 2.54. The van der Waals surface area contributed by atoms with Gasteiger partial charge in [-0.15, -0.1) is 0 Å². The van der Waals surface area contributed by atoms with E-state index in [0.29, 0.717) is 0 Å². The topological polar surface area (TPSA) is 6.48 Å². The molecule has 81 heavy (non-hydrogen) atoms. The van der Waals surface area contributed by atoms with Crippen molar-refractivity contribution in [3.63, 3.8) is 0 Å². The largest absolute Gasteiger partial charge is 0.310 e. The highest BCUT2D eigenvalue weighted by molar-refractivity contribution is 5.99. The Morgan fingerprint density at radius 3 is 0.914 bits per heavy atom. The van der Waals surface area contributed by atoms with Crippen molar-refractivity contribution in [2.75, 3.05) is 9.80 Å². The first-order chi connectivity index (χ1) is 39.7. The molecule has 4 aliphatic rings. The summed E-state index contributed by atoms with van der Waals surface area (Å²) in [5.74, 6) is 0. The smallest absolute Gasteiger partial charge is 0.0727 e. The highest BCUT2D eigenvalue weighted by atomic mass is 15.1. The zero-order valence-electron chi connectivity index (χ0n) is 46.0. The molecule has 0 N–H and O–H groups in total. The van der Waals surface area contributed by atoms with Crippen LogP contribution in [0.25, 0.3) is 66.8 Å². The minimum absolute atomic E-state index is 0.112. The van der Waals surface area contributed by atoms with Crippen LogP contribution in [-0.2, 0) is 16.2 Å². The van der Waals surface area contributed by atoms with Crippen LogP contribution >= 0.6 is 0 Å². The van der Waals surface area contributed by atoms with Crippen molar-refractivity contribution in [3.8, 4) is 66.8 Å². The molecule has 12 aromatic carbocycles. The molecule has 0 heterocycles. The van der Waals surface area contributed by atoms with Gasteiger partial charge in [-0.1, -0.05) is 234 Å². The van der Waals surface area contributed by atoms with E-state index in [0.717, 1.165) is 34.1 Å². The van der Waals surface area contributed by atoms with Crippen LogP contribution in [0.15, 0.2) is 279 Å². The van der Waals surface area contributed by atoms with E-state index in [1.54, 1.807) is 0 Å². The van der Waals surface area contributed by atoms with Gasteiger partial charge in [0, 0.05) is 45.0 Å². The molecular weight excluding hydrogens is 977 g/mol. The Morgan fingerprint density at radius 2 is 0.494 bits per heavy atom. The van der Waals surface area contributed by atoms with Crippen LogP contribution in [0.2, 0.25) is 0 Å². The van der Waals surface area contributed by atoms with E-state index >= 15 is 0 Å². The van der Waals surface area contributed by atoms with E-state index in [2.05, 4.69) is 317 Å². The third-order valence-corrected chi connectivity index (χ3v) is 18.6. The molecular formula is C79H58N2. The monoisotopic (exact) mass is 1030 g/mol. The lowest BCUT2D eigenvalue weighted by molar-refractivity contribution is 0.660. The lowest BCUT2D eigenvalue weighted by Crippen LogP contribution is -2.26. The SMILES string of the molecule is CC1(C)c2ccccc2-c2cc(N(c3cccc(-c4ccccc4)c3)c3ccc4c(c3)C3(c5ccccc5-4)c4ccccc4-c4ccc(N(c5cccc(-c6ccccc6)c5)c5ccc6c(c5)-c5ccccc5C6(C)C)cc43)ccc21. The molecule has 0 amide bonds. The highest BCUT2D eigenvalue weighted by Gasteiger charge is 2.52. The minimum atomic E-state index is -0.638. The summed E-state index contributed by atoms with van der Waals surface area (Å²) in [5.41, 5.74) is 31.5. The molecule has 384 valence electrons. The molecule has 2 heteroatoms. The van der Waals surface area contributed by atoms with Crippen LogP contribution in [0.5, 0.6) is 0 Å². The van der Waals surface area contributed by atoms with Gasteiger partial charge in [0.1, 0.15) is 0 Å². The van der Waals surface area contributed by atoms with Crippen LogP contribution in [0.3, 0.4) is 0 Å². The van der Waals surface area contributed by atoms with Crippen LogP contribution in [-0.4, -0.2) is 0 Å². The number of fused-ring (bicyclic) bond motifs is 16. The zero-order chi connectivity index (χ0) is 54.2. The molecule has 12 aromatic rings. The van der Waals surface area contributed by atoms with E-state index in [-0.39, 0.29) is 10.8 Å². The average Bonchev–Trinajstić information content (AvgIpc) is 1.88. The molecule has 0 unspecified atom stereocenters. The molecule has 0 aromatic heterocycles. The van der Waals surface area contributed by atoms with Gasteiger partial charge in [0.15, 0.2) is 0 Å². The number of benzene rings is 12. The predicted molar refractivity (Wildman–Crippen MR) is 338 cm³/mol. The number of nitrogens with zero attached hydrogens (tertiary/aromatic N) is 2. The maximum Gasteiger partial charge on any atom is 0.0727 e. The minimum Gasteiger partial charge on any atom is -0.310 e. The van der Waals surface area contributed by atoms with Gasteiger partial charge in [0.05, 0.1) is 5.41 Å². The van der Waals surface area contributed by atoms with Crippen molar-refractivity contribution in [1.29, 1.82) is 0 Å². The second-order valence-corrected chi connectivity index (χ2v) is 23.6. The van der Waals surface area contributed by atoms with E-state index in [9.17, 15) is 0 Å². The molecule has 1 spiro atoms. The first-order valence-corrected chi connectivity index (χ1v) is 28.6. The molecule has 0 radical (unpaired) electrons. The molecule has 0 aliphatic heterocycles. The first kappa shape index (κ1) is 47.3. The summed E-state index contributed by atoms with van der Waals surface area (Å²) in [7, 11) is 0. The van der Waals surface area contributed by atoms with Gasteiger partial charge in [-0.3, -0.25) is 0 Å². The first-order valence-electron chi connectivity index (χ1n) is 28.6. The molecule has 2 nitrogen and oxygen atoms in total. The quantitative estimate of drug-likeness (QED) is 0.150. The Hall–Kier alpha value is -9.76. The van der Waals surface area contributed by atoms with E-state index in [1.165, 1.54) is 111 Å².